The van der Waals surface area contributed by atoms with Crippen LogP contribution < -0.4 is 0 Å². The van der Waals surface area contributed by atoms with Crippen molar-refractivity contribution in [3.63, 3.8) is 0 Å². The smallest absolute Gasteiger partial charge is 0.0905 e. The van der Waals surface area contributed by atoms with Crippen LogP contribution in [-0.2, 0) is 3.63 Å². The molecule has 0 aromatic rings. The monoisotopic (exact) mass is 322 g/mol. The molecule has 15 heavy (non-hydrogen) atoms. The summed E-state index contributed by atoms with van der Waals surface area (Å²) >= 11 is 2.93. The van der Waals surface area contributed by atoms with Crippen molar-refractivity contribution in [2.75, 3.05) is 0 Å². The van der Waals surface area contributed by atoms with Gasteiger partial charge < -0.3 is 0 Å². The maximum Gasteiger partial charge on any atom is 0.0905 e. The lowest BCUT2D eigenvalue weighted by Gasteiger charge is -2.06. The van der Waals surface area contributed by atoms with Crippen molar-refractivity contribution in [1.82, 2.24) is 0 Å². The molecule has 0 aromatic carbocycles. The van der Waals surface area contributed by atoms with Crippen LogP contribution in [0.1, 0.15) is 40.5 Å². The van der Waals surface area contributed by atoms with Crippen LogP contribution >= 0.6 is 63.4 Å². The normalized spacial score (nSPS) is 15.2. The summed E-state index contributed by atoms with van der Waals surface area (Å²) in [5, 5.41) is 1.41. The van der Waals surface area contributed by atoms with Gasteiger partial charge >= 0.3 is 0 Å². The molecule has 0 fully saturated rings. The molecule has 0 rings (SSSR count). The predicted octanol–water partition coefficient (Wildman–Crippen LogP) is 6.49. The highest BCUT2D eigenvalue weighted by molar-refractivity contribution is 9.12. The second-order valence-electron chi connectivity index (χ2n) is 2.97. The molecule has 0 aliphatic carbocycles. The average Bonchev–Trinajstić information content (AvgIpc) is 2.26. The molecule has 0 heterocycles. The van der Waals surface area contributed by atoms with Crippen LogP contribution in [0, 0.1) is 0 Å². The van der Waals surface area contributed by atoms with E-state index in [1.54, 1.807) is 19.7 Å². The number of hydrogen-bond donors (Lipinski definition) is 0. The third kappa shape index (κ3) is 12.3. The molecule has 0 saturated heterocycles. The Morgan fingerprint density at radius 2 is 1.27 bits per heavy atom. The van der Waals surface area contributed by atoms with E-state index < -0.39 is 0 Å². The van der Waals surface area contributed by atoms with E-state index in [9.17, 15) is 0 Å². The second kappa shape index (κ2) is 12.5. The van der Waals surface area contributed by atoms with Gasteiger partial charge in [-0.05, 0) is 12.8 Å². The van der Waals surface area contributed by atoms with Crippen molar-refractivity contribution in [2.24, 2.45) is 0 Å². The van der Waals surface area contributed by atoms with Gasteiger partial charge in [-0.15, -0.1) is 0 Å². The first-order valence-corrected chi connectivity index (χ1v) is 11.8. The van der Waals surface area contributed by atoms with Gasteiger partial charge in [-0.25, -0.2) is 3.63 Å². The SMILES string of the molecule is CCC(C)SSSOSSSC(C)CC. The molecular formula is C8H18OS6. The molecule has 0 radical (unpaired) electrons. The van der Waals surface area contributed by atoms with Crippen molar-refractivity contribution in [2.45, 2.75) is 51.0 Å². The van der Waals surface area contributed by atoms with Crippen molar-refractivity contribution in [3.8, 4) is 0 Å². The summed E-state index contributed by atoms with van der Waals surface area (Å²) < 4.78 is 5.34. The molecule has 0 N–H and O–H groups in total. The lowest BCUT2D eigenvalue weighted by Crippen LogP contribution is -1.87. The van der Waals surface area contributed by atoms with Gasteiger partial charge in [0.2, 0.25) is 0 Å². The highest BCUT2D eigenvalue weighted by Crippen LogP contribution is 2.46. The Morgan fingerprint density at radius 1 is 0.867 bits per heavy atom. The first kappa shape index (κ1) is 17.1. The van der Waals surface area contributed by atoms with Crippen LogP contribution in [0.4, 0.5) is 0 Å². The molecule has 2 atom stereocenters. The topological polar surface area (TPSA) is 9.23 Å². The Kier molecular flexibility index (Phi) is 14.2. The van der Waals surface area contributed by atoms with Crippen LogP contribution in [0.5, 0.6) is 0 Å². The maximum absolute atomic E-state index is 5.34. The fourth-order valence-corrected chi connectivity index (χ4v) is 8.47. The number of hydrogen-bond acceptors (Lipinski definition) is 7. The van der Waals surface area contributed by atoms with Gasteiger partial charge in [-0.1, -0.05) is 49.3 Å². The first-order chi connectivity index (χ1) is 7.20. The molecular weight excluding hydrogens is 304 g/mol. The summed E-state index contributed by atoms with van der Waals surface area (Å²) in [6, 6.07) is 0. The second-order valence-corrected chi connectivity index (χ2v) is 11.3. The van der Waals surface area contributed by atoms with E-state index in [0.29, 0.717) is 10.5 Å². The summed E-state index contributed by atoms with van der Waals surface area (Å²) in [6.07, 6.45) is 2.42. The van der Waals surface area contributed by atoms with Gasteiger partial charge in [-0.2, -0.15) is 0 Å². The lowest BCUT2D eigenvalue weighted by atomic mass is 10.4. The molecule has 0 amide bonds. The van der Waals surface area contributed by atoms with Crippen LogP contribution in [0.25, 0.3) is 0 Å². The molecule has 0 bridgehead atoms. The molecule has 7 heteroatoms. The summed E-state index contributed by atoms with van der Waals surface area (Å²) in [5.41, 5.74) is 0. The van der Waals surface area contributed by atoms with Crippen LogP contribution in [0.2, 0.25) is 0 Å². The van der Waals surface area contributed by atoms with E-state index in [0.717, 1.165) is 0 Å². The zero-order valence-electron chi connectivity index (χ0n) is 9.43. The van der Waals surface area contributed by atoms with Gasteiger partial charge in [0.25, 0.3) is 0 Å². The van der Waals surface area contributed by atoms with Crippen molar-refractivity contribution < 1.29 is 3.63 Å². The van der Waals surface area contributed by atoms with E-state index in [2.05, 4.69) is 27.7 Å². The standard InChI is InChI=1S/C8H18OS6/c1-5-7(3)10-14-12-9-13-15-11-8(4)6-2/h7-8H,5-6H2,1-4H3. The highest BCUT2D eigenvalue weighted by atomic mass is 33.5. The van der Waals surface area contributed by atoms with E-state index in [1.165, 1.54) is 35.0 Å². The quantitative estimate of drug-likeness (QED) is 0.255. The lowest BCUT2D eigenvalue weighted by molar-refractivity contribution is 0.785. The largest absolute Gasteiger partial charge is 0.223 e. The fraction of sp³-hybridized carbons (Fsp3) is 1.00. The predicted molar refractivity (Wildman–Crippen MR) is 86.1 cm³/mol. The highest BCUT2D eigenvalue weighted by Gasteiger charge is 2.03. The Hall–Kier alpha value is 2.06. The molecule has 92 valence electrons. The van der Waals surface area contributed by atoms with E-state index in [4.69, 9.17) is 3.63 Å². The Labute approximate surface area is 117 Å². The molecule has 0 spiro atoms. The Balaban J connectivity index is 3.05. The molecule has 0 saturated carbocycles. The van der Waals surface area contributed by atoms with Gasteiger partial charge in [0.15, 0.2) is 0 Å². The minimum atomic E-state index is 0.707. The Morgan fingerprint density at radius 3 is 1.60 bits per heavy atom. The van der Waals surface area contributed by atoms with Crippen molar-refractivity contribution in [3.05, 3.63) is 0 Å². The van der Waals surface area contributed by atoms with Gasteiger partial charge in [0.1, 0.15) is 0 Å². The summed E-state index contributed by atoms with van der Waals surface area (Å²) in [5.74, 6) is 0. The molecule has 2 unspecified atom stereocenters. The molecule has 0 aromatic heterocycles. The van der Waals surface area contributed by atoms with E-state index in [1.807, 2.05) is 21.6 Å². The molecule has 1 nitrogen and oxygen atoms in total. The first-order valence-electron chi connectivity index (χ1n) is 4.86. The summed E-state index contributed by atoms with van der Waals surface area (Å²) in [6.45, 7) is 8.88. The van der Waals surface area contributed by atoms with Crippen molar-refractivity contribution >= 4 is 63.4 Å². The van der Waals surface area contributed by atoms with Gasteiger partial charge in [0.05, 0.1) is 22.1 Å². The van der Waals surface area contributed by atoms with Crippen LogP contribution in [0.15, 0.2) is 0 Å². The zero-order valence-corrected chi connectivity index (χ0v) is 14.3. The molecule has 0 aliphatic heterocycles. The molecule has 0 aliphatic rings. The van der Waals surface area contributed by atoms with Gasteiger partial charge in [-0.3, -0.25) is 0 Å². The summed E-state index contributed by atoms with van der Waals surface area (Å²) in [7, 11) is 7.18. The minimum absolute atomic E-state index is 0.707. The third-order valence-electron chi connectivity index (χ3n) is 1.67. The zero-order chi connectivity index (χ0) is 11.5. The van der Waals surface area contributed by atoms with Gasteiger partial charge in [0, 0.05) is 30.2 Å². The van der Waals surface area contributed by atoms with E-state index in [-0.39, 0.29) is 0 Å². The number of rotatable bonds is 10. The van der Waals surface area contributed by atoms with E-state index >= 15 is 0 Å². The minimum Gasteiger partial charge on any atom is -0.223 e. The fourth-order valence-electron chi connectivity index (χ4n) is 0.336. The average molecular weight is 323 g/mol. The Bertz CT molecular complexity index is 122. The van der Waals surface area contributed by atoms with Crippen LogP contribution in [-0.4, -0.2) is 10.5 Å². The summed E-state index contributed by atoms with van der Waals surface area (Å²) in [4.78, 5) is 0. The third-order valence-corrected chi connectivity index (χ3v) is 9.89. The maximum atomic E-state index is 5.34. The van der Waals surface area contributed by atoms with Crippen LogP contribution in [0.3, 0.4) is 0 Å². The van der Waals surface area contributed by atoms with Crippen molar-refractivity contribution in [1.29, 1.82) is 0 Å².